The van der Waals surface area contributed by atoms with Crippen LogP contribution in [0, 0.1) is 0 Å². The van der Waals surface area contributed by atoms with E-state index in [1.54, 1.807) is 0 Å². The highest BCUT2D eigenvalue weighted by atomic mass is 16.5. The Morgan fingerprint density at radius 2 is 2.35 bits per heavy atom. The summed E-state index contributed by atoms with van der Waals surface area (Å²) in [5, 5.41) is 3.46. The maximum absolute atomic E-state index is 5.88. The molecule has 0 aromatic rings. The second kappa shape index (κ2) is 6.69. The quantitative estimate of drug-likeness (QED) is 0.754. The van der Waals surface area contributed by atoms with E-state index in [1.807, 2.05) is 0 Å². The smallest absolute Gasteiger partial charge is 0.0829 e. The van der Waals surface area contributed by atoms with E-state index in [9.17, 15) is 0 Å². The van der Waals surface area contributed by atoms with Gasteiger partial charge in [0.1, 0.15) is 0 Å². The number of hydrogen-bond acceptors (Lipinski definition) is 4. The van der Waals surface area contributed by atoms with Gasteiger partial charge >= 0.3 is 0 Å². The van der Waals surface area contributed by atoms with Crippen LogP contribution in [0.25, 0.3) is 0 Å². The Hall–Kier alpha value is -0.160. The highest BCUT2D eigenvalue weighted by molar-refractivity contribution is 4.83. The second-order valence-corrected chi connectivity index (χ2v) is 5.40. The van der Waals surface area contributed by atoms with Crippen LogP contribution in [0.1, 0.15) is 19.8 Å². The van der Waals surface area contributed by atoms with Crippen LogP contribution in [0.5, 0.6) is 0 Å². The van der Waals surface area contributed by atoms with Crippen LogP contribution in [0.3, 0.4) is 0 Å². The van der Waals surface area contributed by atoms with Crippen LogP contribution in [0.4, 0.5) is 0 Å². The van der Waals surface area contributed by atoms with Crippen molar-refractivity contribution >= 4 is 0 Å². The highest BCUT2D eigenvalue weighted by Gasteiger charge is 2.26. The van der Waals surface area contributed by atoms with E-state index in [4.69, 9.17) is 4.74 Å². The topological polar surface area (TPSA) is 27.7 Å². The van der Waals surface area contributed by atoms with Crippen molar-refractivity contribution in [2.45, 2.75) is 31.9 Å². The van der Waals surface area contributed by atoms with Crippen molar-refractivity contribution in [3.63, 3.8) is 0 Å². The van der Waals surface area contributed by atoms with Crippen LogP contribution in [0.15, 0.2) is 0 Å². The Morgan fingerprint density at radius 3 is 3.00 bits per heavy atom. The van der Waals surface area contributed by atoms with Gasteiger partial charge in [0.25, 0.3) is 0 Å². The number of morpholine rings is 1. The first kappa shape index (κ1) is 13.3. The first-order valence-electron chi connectivity index (χ1n) is 7.04. The molecule has 0 saturated carbocycles. The SMILES string of the molecule is CCCN(CC1CN(C)CCO1)C1CCNC1. The number of hydrogen-bond donors (Lipinski definition) is 1. The molecular weight excluding hydrogens is 214 g/mol. The van der Waals surface area contributed by atoms with Gasteiger partial charge in [0.05, 0.1) is 12.7 Å². The fourth-order valence-electron chi connectivity index (χ4n) is 2.90. The average Bonchev–Trinajstić information content (AvgIpc) is 2.82. The summed E-state index contributed by atoms with van der Waals surface area (Å²) >= 11 is 0. The maximum atomic E-state index is 5.88. The van der Waals surface area contributed by atoms with E-state index >= 15 is 0 Å². The molecule has 2 aliphatic rings. The summed E-state index contributed by atoms with van der Waals surface area (Å²) in [4.78, 5) is 5.01. The minimum atomic E-state index is 0.404. The van der Waals surface area contributed by atoms with E-state index in [-0.39, 0.29) is 0 Å². The molecule has 0 aromatic heterocycles. The fourth-order valence-corrected chi connectivity index (χ4v) is 2.90. The Morgan fingerprint density at radius 1 is 1.47 bits per heavy atom. The molecule has 0 aromatic carbocycles. The third kappa shape index (κ3) is 3.91. The van der Waals surface area contributed by atoms with Gasteiger partial charge in [-0.1, -0.05) is 6.92 Å². The molecule has 0 amide bonds. The molecule has 2 rings (SSSR count). The monoisotopic (exact) mass is 241 g/mol. The first-order valence-corrected chi connectivity index (χ1v) is 7.04. The van der Waals surface area contributed by atoms with Gasteiger partial charge in [0, 0.05) is 32.2 Å². The molecular formula is C13H27N3O. The van der Waals surface area contributed by atoms with Crippen LogP contribution in [0.2, 0.25) is 0 Å². The molecule has 2 saturated heterocycles. The van der Waals surface area contributed by atoms with E-state index < -0.39 is 0 Å². The van der Waals surface area contributed by atoms with Crippen molar-refractivity contribution in [1.82, 2.24) is 15.1 Å². The van der Waals surface area contributed by atoms with Gasteiger partial charge in [0.15, 0.2) is 0 Å². The standard InChI is InChI=1S/C13H27N3O/c1-3-6-16(12-4-5-14-9-12)11-13-10-15(2)7-8-17-13/h12-14H,3-11H2,1-2H3. The van der Waals surface area contributed by atoms with Gasteiger partial charge in [-0.05, 0) is 33.0 Å². The van der Waals surface area contributed by atoms with Gasteiger partial charge in [-0.25, -0.2) is 0 Å². The average molecular weight is 241 g/mol. The Labute approximate surface area is 105 Å². The largest absolute Gasteiger partial charge is 0.374 e. The number of ether oxygens (including phenoxy) is 1. The van der Waals surface area contributed by atoms with Crippen molar-refractivity contribution in [2.24, 2.45) is 0 Å². The summed E-state index contributed by atoms with van der Waals surface area (Å²) in [6.45, 7) is 9.96. The van der Waals surface area contributed by atoms with Gasteiger partial charge < -0.3 is 15.0 Å². The lowest BCUT2D eigenvalue weighted by Crippen LogP contribution is -2.49. The molecule has 4 heteroatoms. The summed E-state index contributed by atoms with van der Waals surface area (Å²) in [5.41, 5.74) is 0. The molecule has 4 nitrogen and oxygen atoms in total. The second-order valence-electron chi connectivity index (χ2n) is 5.40. The van der Waals surface area contributed by atoms with Crippen molar-refractivity contribution in [3.8, 4) is 0 Å². The Bertz CT molecular complexity index is 219. The van der Waals surface area contributed by atoms with E-state index in [2.05, 4.69) is 29.1 Å². The van der Waals surface area contributed by atoms with Crippen LogP contribution in [-0.2, 0) is 4.74 Å². The normalized spacial score (nSPS) is 31.2. The Balaban J connectivity index is 1.83. The van der Waals surface area contributed by atoms with Crippen molar-refractivity contribution in [2.75, 3.05) is 52.9 Å². The van der Waals surface area contributed by atoms with Crippen molar-refractivity contribution in [1.29, 1.82) is 0 Å². The minimum absolute atomic E-state index is 0.404. The molecule has 0 aliphatic carbocycles. The predicted octanol–water partition coefficient (Wildman–Crippen LogP) is 0.391. The maximum Gasteiger partial charge on any atom is 0.0829 e. The van der Waals surface area contributed by atoms with Crippen LogP contribution >= 0.6 is 0 Å². The summed E-state index contributed by atoms with van der Waals surface area (Å²) in [6, 6.07) is 0.728. The van der Waals surface area contributed by atoms with E-state index in [0.717, 1.165) is 38.8 Å². The molecule has 1 N–H and O–H groups in total. The zero-order chi connectivity index (χ0) is 12.1. The summed E-state index contributed by atoms with van der Waals surface area (Å²) in [7, 11) is 2.19. The highest BCUT2D eigenvalue weighted by Crippen LogP contribution is 2.13. The number of nitrogens with zero attached hydrogens (tertiary/aromatic N) is 2. The summed E-state index contributed by atoms with van der Waals surface area (Å²) < 4.78 is 5.88. The van der Waals surface area contributed by atoms with E-state index in [0.29, 0.717) is 6.10 Å². The van der Waals surface area contributed by atoms with Crippen LogP contribution in [-0.4, -0.2) is 74.9 Å². The molecule has 2 aliphatic heterocycles. The molecule has 0 radical (unpaired) electrons. The molecule has 2 heterocycles. The van der Waals surface area contributed by atoms with Gasteiger partial charge in [-0.15, -0.1) is 0 Å². The van der Waals surface area contributed by atoms with Gasteiger partial charge in [-0.3, -0.25) is 4.90 Å². The molecule has 0 bridgehead atoms. The summed E-state index contributed by atoms with van der Waals surface area (Å²) in [6.07, 6.45) is 2.93. The third-order valence-electron chi connectivity index (χ3n) is 3.84. The van der Waals surface area contributed by atoms with E-state index in [1.165, 1.54) is 25.9 Å². The van der Waals surface area contributed by atoms with Gasteiger partial charge in [-0.2, -0.15) is 0 Å². The zero-order valence-corrected chi connectivity index (χ0v) is 11.3. The van der Waals surface area contributed by atoms with Crippen molar-refractivity contribution < 1.29 is 4.74 Å². The molecule has 2 fully saturated rings. The lowest BCUT2D eigenvalue weighted by Gasteiger charge is -2.36. The molecule has 0 spiro atoms. The lowest BCUT2D eigenvalue weighted by atomic mass is 10.1. The molecule has 2 atom stereocenters. The molecule has 100 valence electrons. The number of nitrogens with one attached hydrogen (secondary N) is 1. The van der Waals surface area contributed by atoms with Crippen LogP contribution < -0.4 is 5.32 Å². The fraction of sp³-hybridized carbons (Fsp3) is 1.00. The third-order valence-corrected chi connectivity index (χ3v) is 3.84. The lowest BCUT2D eigenvalue weighted by molar-refractivity contribution is -0.0403. The van der Waals surface area contributed by atoms with Crippen molar-refractivity contribution in [3.05, 3.63) is 0 Å². The summed E-state index contributed by atoms with van der Waals surface area (Å²) in [5.74, 6) is 0. The predicted molar refractivity (Wildman–Crippen MR) is 70.4 cm³/mol. The first-order chi connectivity index (χ1) is 8.29. The van der Waals surface area contributed by atoms with Gasteiger partial charge in [0.2, 0.25) is 0 Å². The molecule has 17 heavy (non-hydrogen) atoms. The Kier molecular flexibility index (Phi) is 5.22. The molecule has 2 unspecified atom stereocenters. The minimum Gasteiger partial charge on any atom is -0.374 e. The number of rotatable bonds is 5. The zero-order valence-electron chi connectivity index (χ0n) is 11.3. The number of likely N-dealkylation sites (N-methyl/N-ethyl adjacent to an activating group) is 1.